The molecule has 0 fully saturated rings. The molecule has 2 aromatic heterocycles. The second kappa shape index (κ2) is 5.59. The van der Waals surface area contributed by atoms with Crippen molar-refractivity contribution in [3.8, 4) is 0 Å². The predicted molar refractivity (Wildman–Crippen MR) is 65.5 cm³/mol. The average Bonchev–Trinajstić information content (AvgIpc) is 2.74. The quantitative estimate of drug-likeness (QED) is 0.790. The van der Waals surface area contributed by atoms with E-state index in [1.807, 2.05) is 25.3 Å². The normalized spacial score (nSPS) is 11.0. The van der Waals surface area contributed by atoms with Crippen LogP contribution in [0.4, 0.5) is 0 Å². The number of hydrogen-bond donors (Lipinski definition) is 0. The number of hydrogen-bond acceptors (Lipinski definition) is 4. The second-order valence-electron chi connectivity index (χ2n) is 4.16. The summed E-state index contributed by atoms with van der Waals surface area (Å²) in [6, 6.07) is 6.01. The van der Waals surface area contributed by atoms with Crippen LogP contribution in [0, 0.1) is 6.92 Å². The van der Waals surface area contributed by atoms with E-state index in [0.717, 1.165) is 36.7 Å². The fraction of sp³-hybridized carbons (Fsp3) is 0.385. The zero-order valence-corrected chi connectivity index (χ0v) is 10.3. The van der Waals surface area contributed by atoms with Crippen LogP contribution in [0.25, 0.3) is 0 Å². The van der Waals surface area contributed by atoms with Crippen LogP contribution in [0.1, 0.15) is 17.1 Å². The number of aryl methyl sites for hydroxylation is 1. The molecule has 0 amide bonds. The summed E-state index contributed by atoms with van der Waals surface area (Å²) in [5.74, 6) is 0.898. The Morgan fingerprint density at radius 3 is 2.82 bits per heavy atom. The molecule has 17 heavy (non-hydrogen) atoms. The zero-order valence-electron chi connectivity index (χ0n) is 10.3. The third-order valence-electron chi connectivity index (χ3n) is 2.74. The van der Waals surface area contributed by atoms with Crippen molar-refractivity contribution in [3.05, 3.63) is 47.9 Å². The minimum atomic E-state index is 0.815. The lowest BCUT2D eigenvalue weighted by molar-refractivity contribution is 0.324. The Balaban J connectivity index is 1.82. The van der Waals surface area contributed by atoms with Gasteiger partial charge in [0.25, 0.3) is 0 Å². The van der Waals surface area contributed by atoms with Gasteiger partial charge in [0.15, 0.2) is 6.39 Å². The van der Waals surface area contributed by atoms with E-state index in [1.165, 1.54) is 6.39 Å². The highest BCUT2D eigenvalue weighted by Gasteiger charge is 2.07. The smallest absolute Gasteiger partial charge is 0.181 e. The highest BCUT2D eigenvalue weighted by Crippen LogP contribution is 2.07. The fourth-order valence-electron chi connectivity index (χ4n) is 1.67. The molecule has 2 heterocycles. The fourth-order valence-corrected chi connectivity index (χ4v) is 1.67. The standard InChI is InChI=1S/C13H17N3O/c1-11-13(15-10-17-11)9-16(2)8-6-12-5-3-4-7-14-12/h3-5,7,10H,6,8-9H2,1-2H3. The molecule has 0 N–H and O–H groups in total. The number of aromatic nitrogens is 2. The molecule has 2 rings (SSSR count). The molecular weight excluding hydrogens is 214 g/mol. The summed E-state index contributed by atoms with van der Waals surface area (Å²) < 4.78 is 5.18. The summed E-state index contributed by atoms with van der Waals surface area (Å²) in [5, 5.41) is 0. The third-order valence-corrected chi connectivity index (χ3v) is 2.74. The van der Waals surface area contributed by atoms with Crippen molar-refractivity contribution in [3.63, 3.8) is 0 Å². The predicted octanol–water partition coefficient (Wildman–Crippen LogP) is 2.05. The zero-order chi connectivity index (χ0) is 12.1. The van der Waals surface area contributed by atoms with Gasteiger partial charge in [-0.3, -0.25) is 4.98 Å². The first-order valence-electron chi connectivity index (χ1n) is 5.73. The van der Waals surface area contributed by atoms with Gasteiger partial charge in [-0.1, -0.05) is 6.07 Å². The summed E-state index contributed by atoms with van der Waals surface area (Å²) in [7, 11) is 2.08. The number of oxazole rings is 1. The first-order valence-corrected chi connectivity index (χ1v) is 5.73. The van der Waals surface area contributed by atoms with E-state index in [9.17, 15) is 0 Å². The monoisotopic (exact) mass is 231 g/mol. The second-order valence-corrected chi connectivity index (χ2v) is 4.16. The molecule has 0 aliphatic carbocycles. The molecule has 2 aromatic rings. The van der Waals surface area contributed by atoms with Crippen molar-refractivity contribution < 1.29 is 4.42 Å². The SMILES string of the molecule is Cc1ocnc1CN(C)CCc1ccccn1. The summed E-state index contributed by atoms with van der Waals surface area (Å²) in [5.41, 5.74) is 2.13. The molecule has 0 aliphatic heterocycles. The van der Waals surface area contributed by atoms with Crippen LogP contribution >= 0.6 is 0 Å². The number of nitrogens with zero attached hydrogens (tertiary/aromatic N) is 3. The number of rotatable bonds is 5. The van der Waals surface area contributed by atoms with Gasteiger partial charge in [-0.05, 0) is 26.1 Å². The van der Waals surface area contributed by atoms with Gasteiger partial charge < -0.3 is 9.32 Å². The molecule has 4 nitrogen and oxygen atoms in total. The Labute approximate surface area is 101 Å². The van der Waals surface area contributed by atoms with Crippen LogP contribution < -0.4 is 0 Å². The lowest BCUT2D eigenvalue weighted by Gasteiger charge is -2.14. The van der Waals surface area contributed by atoms with Crippen LogP contribution in [0.3, 0.4) is 0 Å². The molecule has 0 saturated carbocycles. The van der Waals surface area contributed by atoms with Gasteiger partial charge in [0, 0.05) is 31.4 Å². The Morgan fingerprint density at radius 2 is 2.18 bits per heavy atom. The van der Waals surface area contributed by atoms with Gasteiger partial charge in [0.2, 0.25) is 0 Å². The third kappa shape index (κ3) is 3.39. The molecule has 0 atom stereocenters. The first-order chi connectivity index (χ1) is 8.25. The van der Waals surface area contributed by atoms with Crippen molar-refractivity contribution in [1.82, 2.24) is 14.9 Å². The van der Waals surface area contributed by atoms with Crippen molar-refractivity contribution in [1.29, 1.82) is 0 Å². The molecule has 0 aromatic carbocycles. The Kier molecular flexibility index (Phi) is 3.88. The van der Waals surface area contributed by atoms with E-state index >= 15 is 0 Å². The van der Waals surface area contributed by atoms with E-state index in [2.05, 4.69) is 28.0 Å². The van der Waals surface area contributed by atoms with Gasteiger partial charge in [0.1, 0.15) is 5.76 Å². The van der Waals surface area contributed by atoms with Crippen LogP contribution in [0.5, 0.6) is 0 Å². The number of likely N-dealkylation sites (N-methyl/N-ethyl adjacent to an activating group) is 1. The molecule has 90 valence electrons. The molecule has 4 heteroatoms. The number of pyridine rings is 1. The van der Waals surface area contributed by atoms with Gasteiger partial charge in [-0.25, -0.2) is 4.98 Å². The van der Waals surface area contributed by atoms with Crippen LogP contribution in [0.15, 0.2) is 35.2 Å². The van der Waals surface area contributed by atoms with Crippen LogP contribution in [0.2, 0.25) is 0 Å². The van der Waals surface area contributed by atoms with E-state index in [4.69, 9.17) is 4.42 Å². The van der Waals surface area contributed by atoms with Crippen LogP contribution in [-0.4, -0.2) is 28.5 Å². The minimum absolute atomic E-state index is 0.815. The van der Waals surface area contributed by atoms with Crippen molar-refractivity contribution in [2.45, 2.75) is 19.9 Å². The van der Waals surface area contributed by atoms with Crippen molar-refractivity contribution >= 4 is 0 Å². The molecule has 0 unspecified atom stereocenters. The van der Waals surface area contributed by atoms with Gasteiger partial charge >= 0.3 is 0 Å². The van der Waals surface area contributed by atoms with Crippen molar-refractivity contribution in [2.75, 3.05) is 13.6 Å². The van der Waals surface area contributed by atoms with Gasteiger partial charge in [-0.15, -0.1) is 0 Å². The minimum Gasteiger partial charge on any atom is -0.448 e. The Morgan fingerprint density at radius 1 is 1.29 bits per heavy atom. The summed E-state index contributed by atoms with van der Waals surface area (Å²) >= 11 is 0. The molecule has 0 spiro atoms. The topological polar surface area (TPSA) is 42.2 Å². The van der Waals surface area contributed by atoms with Crippen LogP contribution in [-0.2, 0) is 13.0 Å². The molecule has 0 bridgehead atoms. The largest absolute Gasteiger partial charge is 0.448 e. The summed E-state index contributed by atoms with van der Waals surface area (Å²) in [4.78, 5) is 10.7. The van der Waals surface area contributed by atoms with E-state index < -0.39 is 0 Å². The first kappa shape index (κ1) is 11.8. The molecule has 0 saturated heterocycles. The van der Waals surface area contributed by atoms with Crippen molar-refractivity contribution in [2.24, 2.45) is 0 Å². The summed E-state index contributed by atoms with van der Waals surface area (Å²) in [6.45, 7) is 3.72. The highest BCUT2D eigenvalue weighted by molar-refractivity contribution is 5.05. The molecule has 0 aliphatic rings. The molecule has 0 radical (unpaired) electrons. The maximum atomic E-state index is 5.18. The van der Waals surface area contributed by atoms with E-state index in [-0.39, 0.29) is 0 Å². The maximum Gasteiger partial charge on any atom is 0.181 e. The lowest BCUT2D eigenvalue weighted by atomic mass is 10.2. The molecular formula is C13H17N3O. The van der Waals surface area contributed by atoms with Gasteiger partial charge in [-0.2, -0.15) is 0 Å². The van der Waals surface area contributed by atoms with E-state index in [1.54, 1.807) is 0 Å². The average molecular weight is 231 g/mol. The van der Waals surface area contributed by atoms with E-state index in [0.29, 0.717) is 0 Å². The maximum absolute atomic E-state index is 5.18. The highest BCUT2D eigenvalue weighted by atomic mass is 16.3. The van der Waals surface area contributed by atoms with Gasteiger partial charge in [0.05, 0.1) is 5.69 Å². The Hall–Kier alpha value is -1.68. The lowest BCUT2D eigenvalue weighted by Crippen LogP contribution is -2.21. The summed E-state index contributed by atoms with van der Waals surface area (Å²) in [6.07, 6.45) is 4.28. The Bertz CT molecular complexity index is 453.